The van der Waals surface area contributed by atoms with Crippen LogP contribution in [0.5, 0.6) is 11.5 Å². The highest BCUT2D eigenvalue weighted by molar-refractivity contribution is 7.87. The lowest BCUT2D eigenvalue weighted by molar-refractivity contribution is 0.103. The van der Waals surface area contributed by atoms with Crippen LogP contribution in [-0.2, 0) is 10.1 Å². The third-order valence-electron chi connectivity index (χ3n) is 3.77. The Labute approximate surface area is 156 Å². The lowest BCUT2D eigenvalue weighted by atomic mass is 10.0. The number of carbonyl (C=O) groups is 1. The fraction of sp³-hybridized carbons (Fsp3) is 0.0500. The Morgan fingerprint density at radius 1 is 0.926 bits per heavy atom. The predicted molar refractivity (Wildman–Crippen MR) is 97.1 cm³/mol. The molecule has 5 nitrogen and oxygen atoms in total. The molecular weight excluding hydrogens is 371 g/mol. The molecule has 0 aliphatic rings. The molecule has 0 saturated heterocycles. The summed E-state index contributed by atoms with van der Waals surface area (Å²) in [4.78, 5) is 12.1. The summed E-state index contributed by atoms with van der Waals surface area (Å²) in [5.74, 6) is -1.34. The maximum atomic E-state index is 13.9. The van der Waals surface area contributed by atoms with Gasteiger partial charge in [0.05, 0.1) is 12.7 Å². The molecule has 0 saturated carbocycles. The Bertz CT molecular complexity index is 1080. The first kappa shape index (κ1) is 18.6. The Morgan fingerprint density at radius 2 is 1.59 bits per heavy atom. The van der Waals surface area contributed by atoms with Gasteiger partial charge >= 0.3 is 10.1 Å². The van der Waals surface area contributed by atoms with Gasteiger partial charge in [0.2, 0.25) is 0 Å². The molecular formula is C20H15FO5S. The molecule has 3 aromatic carbocycles. The molecule has 27 heavy (non-hydrogen) atoms. The van der Waals surface area contributed by atoms with Crippen molar-refractivity contribution >= 4 is 15.9 Å². The highest BCUT2D eigenvalue weighted by Crippen LogP contribution is 2.30. The van der Waals surface area contributed by atoms with Crippen molar-refractivity contribution in [1.29, 1.82) is 0 Å². The van der Waals surface area contributed by atoms with Crippen molar-refractivity contribution in [3.05, 3.63) is 89.7 Å². The van der Waals surface area contributed by atoms with E-state index in [0.29, 0.717) is 11.3 Å². The van der Waals surface area contributed by atoms with E-state index in [9.17, 15) is 17.6 Å². The summed E-state index contributed by atoms with van der Waals surface area (Å²) in [6.07, 6.45) is 0. The Morgan fingerprint density at radius 3 is 2.26 bits per heavy atom. The number of ketones is 1. The quantitative estimate of drug-likeness (QED) is 0.476. The maximum Gasteiger partial charge on any atom is 0.342 e. The van der Waals surface area contributed by atoms with Crippen LogP contribution in [-0.4, -0.2) is 21.3 Å². The molecule has 3 rings (SSSR count). The number of halogens is 1. The number of methoxy groups -OCH3 is 1. The summed E-state index contributed by atoms with van der Waals surface area (Å²) < 4.78 is 49.1. The standard InChI is InChI=1S/C20H15FO5S/c1-25-15-11-12-16(20(22)14-7-3-2-4-8-14)18(13-15)26-27(23,24)19-10-6-5-9-17(19)21/h2-13H,1H3. The van der Waals surface area contributed by atoms with Crippen LogP contribution in [0.2, 0.25) is 0 Å². The minimum absolute atomic E-state index is 0.0157. The van der Waals surface area contributed by atoms with Gasteiger partial charge in [-0.3, -0.25) is 4.79 Å². The second-order valence-corrected chi connectivity index (χ2v) is 7.04. The van der Waals surface area contributed by atoms with Crippen molar-refractivity contribution in [2.24, 2.45) is 0 Å². The average Bonchev–Trinajstić information content (AvgIpc) is 2.68. The fourth-order valence-electron chi connectivity index (χ4n) is 2.44. The van der Waals surface area contributed by atoms with Crippen LogP contribution in [0.15, 0.2) is 77.7 Å². The zero-order valence-electron chi connectivity index (χ0n) is 14.3. The molecule has 0 fully saturated rings. The summed E-state index contributed by atoms with van der Waals surface area (Å²) in [5, 5.41) is 0. The van der Waals surface area contributed by atoms with Gasteiger partial charge in [-0.1, -0.05) is 42.5 Å². The van der Waals surface area contributed by atoms with Crippen LogP contribution < -0.4 is 8.92 Å². The second-order valence-electron chi connectivity index (χ2n) is 5.53. The van der Waals surface area contributed by atoms with Gasteiger partial charge in [0.25, 0.3) is 0 Å². The lowest BCUT2D eigenvalue weighted by Gasteiger charge is -2.13. The normalized spacial score (nSPS) is 11.0. The molecule has 0 heterocycles. The largest absolute Gasteiger partial charge is 0.497 e. The third-order valence-corrected chi connectivity index (χ3v) is 5.04. The van der Waals surface area contributed by atoms with Gasteiger partial charge in [0, 0.05) is 11.6 Å². The maximum absolute atomic E-state index is 13.9. The number of hydrogen-bond acceptors (Lipinski definition) is 5. The number of benzene rings is 3. The number of carbonyl (C=O) groups excluding carboxylic acids is 1. The van der Waals surface area contributed by atoms with Crippen LogP contribution in [0.4, 0.5) is 4.39 Å². The number of rotatable bonds is 6. The highest BCUT2D eigenvalue weighted by atomic mass is 32.2. The van der Waals surface area contributed by atoms with Crippen molar-refractivity contribution in [2.75, 3.05) is 7.11 Å². The minimum atomic E-state index is -4.49. The highest BCUT2D eigenvalue weighted by Gasteiger charge is 2.25. The predicted octanol–water partition coefficient (Wildman–Crippen LogP) is 3.83. The molecule has 0 aromatic heterocycles. The Hall–Kier alpha value is -3.19. The molecule has 0 aliphatic heterocycles. The molecule has 138 valence electrons. The van der Waals surface area contributed by atoms with E-state index in [1.165, 1.54) is 37.4 Å². The van der Waals surface area contributed by atoms with E-state index < -0.39 is 26.6 Å². The van der Waals surface area contributed by atoms with Crippen LogP contribution >= 0.6 is 0 Å². The molecule has 7 heteroatoms. The monoisotopic (exact) mass is 386 g/mol. The Kier molecular flexibility index (Phi) is 5.23. The first-order valence-corrected chi connectivity index (χ1v) is 9.30. The molecule has 0 N–H and O–H groups in total. The summed E-state index contributed by atoms with van der Waals surface area (Å²) in [6.45, 7) is 0. The third kappa shape index (κ3) is 3.98. The van der Waals surface area contributed by atoms with Gasteiger partial charge in [-0.2, -0.15) is 8.42 Å². The van der Waals surface area contributed by atoms with Crippen LogP contribution in [0.3, 0.4) is 0 Å². The van der Waals surface area contributed by atoms with E-state index in [0.717, 1.165) is 12.1 Å². The van der Waals surface area contributed by atoms with E-state index in [1.54, 1.807) is 30.3 Å². The SMILES string of the molecule is COc1ccc(C(=O)c2ccccc2)c(OS(=O)(=O)c2ccccc2F)c1. The summed E-state index contributed by atoms with van der Waals surface area (Å²) in [6, 6.07) is 17.4. The van der Waals surface area contributed by atoms with Gasteiger partial charge in [0.1, 0.15) is 16.5 Å². The van der Waals surface area contributed by atoms with Crippen molar-refractivity contribution < 1.29 is 26.5 Å². The Balaban J connectivity index is 2.06. The van der Waals surface area contributed by atoms with Crippen LogP contribution in [0.1, 0.15) is 15.9 Å². The molecule has 0 atom stereocenters. The van der Waals surface area contributed by atoms with Crippen molar-refractivity contribution in [1.82, 2.24) is 0 Å². The van der Waals surface area contributed by atoms with Gasteiger partial charge in [0.15, 0.2) is 11.5 Å². The van der Waals surface area contributed by atoms with Crippen molar-refractivity contribution in [3.8, 4) is 11.5 Å². The fourth-order valence-corrected chi connectivity index (χ4v) is 3.46. The van der Waals surface area contributed by atoms with E-state index in [1.807, 2.05) is 0 Å². The van der Waals surface area contributed by atoms with E-state index >= 15 is 0 Å². The second kappa shape index (κ2) is 7.59. The topological polar surface area (TPSA) is 69.7 Å². The van der Waals surface area contributed by atoms with Gasteiger partial charge in [-0.15, -0.1) is 0 Å². The molecule has 0 radical (unpaired) electrons. The smallest absolute Gasteiger partial charge is 0.342 e. The zero-order chi connectivity index (χ0) is 19.4. The minimum Gasteiger partial charge on any atom is -0.497 e. The van der Waals surface area contributed by atoms with E-state index in [4.69, 9.17) is 8.92 Å². The van der Waals surface area contributed by atoms with Gasteiger partial charge in [-0.05, 0) is 24.3 Å². The summed E-state index contributed by atoms with van der Waals surface area (Å²) >= 11 is 0. The lowest BCUT2D eigenvalue weighted by Crippen LogP contribution is -2.14. The first-order valence-electron chi connectivity index (χ1n) is 7.89. The molecule has 3 aromatic rings. The molecule has 0 unspecified atom stereocenters. The number of ether oxygens (including phenoxy) is 1. The van der Waals surface area contributed by atoms with Crippen LogP contribution in [0, 0.1) is 5.82 Å². The summed E-state index contributed by atoms with van der Waals surface area (Å²) in [7, 11) is -3.10. The summed E-state index contributed by atoms with van der Waals surface area (Å²) in [5.41, 5.74) is 0.373. The first-order chi connectivity index (χ1) is 12.9. The average molecular weight is 386 g/mol. The van der Waals surface area contributed by atoms with Crippen molar-refractivity contribution in [3.63, 3.8) is 0 Å². The van der Waals surface area contributed by atoms with Crippen molar-refractivity contribution in [2.45, 2.75) is 4.90 Å². The van der Waals surface area contributed by atoms with E-state index in [-0.39, 0.29) is 11.3 Å². The van der Waals surface area contributed by atoms with Gasteiger partial charge in [-0.25, -0.2) is 4.39 Å². The molecule has 0 aliphatic carbocycles. The molecule has 0 bridgehead atoms. The van der Waals surface area contributed by atoms with E-state index in [2.05, 4.69) is 0 Å². The molecule has 0 spiro atoms. The molecule has 0 amide bonds. The van der Waals surface area contributed by atoms with Gasteiger partial charge < -0.3 is 8.92 Å². The zero-order valence-corrected chi connectivity index (χ0v) is 15.1. The number of hydrogen-bond donors (Lipinski definition) is 0. The van der Waals surface area contributed by atoms with Crippen LogP contribution in [0.25, 0.3) is 0 Å².